The van der Waals surface area contributed by atoms with Crippen molar-refractivity contribution < 1.29 is 0 Å². The van der Waals surface area contributed by atoms with Crippen molar-refractivity contribution >= 4 is 0 Å². The molecule has 1 aliphatic carbocycles. The summed E-state index contributed by atoms with van der Waals surface area (Å²) in [6.07, 6.45) is 3.49. The molecule has 3 rings (SSSR count). The third-order valence-corrected chi connectivity index (χ3v) is 3.77. The van der Waals surface area contributed by atoms with E-state index in [4.69, 9.17) is 5.73 Å². The van der Waals surface area contributed by atoms with Crippen LogP contribution in [-0.4, -0.2) is 18.5 Å². The summed E-state index contributed by atoms with van der Waals surface area (Å²) in [7, 11) is 2.18. The molecule has 1 aromatic rings. The first-order valence-electron chi connectivity index (χ1n) is 5.77. The second-order valence-corrected chi connectivity index (χ2v) is 5.13. The Hall–Kier alpha value is -0.860. The van der Waals surface area contributed by atoms with Gasteiger partial charge in [0.15, 0.2) is 0 Å². The minimum absolute atomic E-state index is 0.0262. The summed E-state index contributed by atoms with van der Waals surface area (Å²) in [5.74, 6) is 0. The molecule has 80 valence electrons. The Labute approximate surface area is 91.1 Å². The van der Waals surface area contributed by atoms with Crippen LogP contribution in [0.25, 0.3) is 0 Å². The maximum absolute atomic E-state index is 6.22. The summed E-state index contributed by atoms with van der Waals surface area (Å²) in [4.78, 5) is 2.37. The molecule has 1 aliphatic heterocycles. The molecule has 1 fully saturated rings. The molecule has 0 saturated heterocycles. The number of hydrogen-bond acceptors (Lipinski definition) is 2. The molecule has 0 aromatic heterocycles. The van der Waals surface area contributed by atoms with Crippen LogP contribution in [0.1, 0.15) is 29.5 Å². The zero-order valence-electron chi connectivity index (χ0n) is 9.29. The molecular formula is C13H18N2. The maximum Gasteiger partial charge on any atom is 0.0411 e. The number of rotatable bonds is 1. The maximum atomic E-state index is 6.22. The van der Waals surface area contributed by atoms with E-state index < -0.39 is 0 Å². The lowest BCUT2D eigenvalue weighted by Crippen LogP contribution is -2.27. The molecule has 0 atom stereocenters. The third kappa shape index (κ3) is 1.58. The van der Waals surface area contributed by atoms with Crippen molar-refractivity contribution in [1.82, 2.24) is 4.90 Å². The Kier molecular flexibility index (Phi) is 1.91. The second kappa shape index (κ2) is 3.06. The van der Waals surface area contributed by atoms with Gasteiger partial charge in [-0.1, -0.05) is 18.2 Å². The molecule has 1 heterocycles. The first kappa shape index (κ1) is 9.37. The number of benzene rings is 1. The van der Waals surface area contributed by atoms with Gasteiger partial charge in [0.05, 0.1) is 0 Å². The van der Waals surface area contributed by atoms with Gasteiger partial charge >= 0.3 is 0 Å². The van der Waals surface area contributed by atoms with Gasteiger partial charge in [0.2, 0.25) is 0 Å². The highest BCUT2D eigenvalue weighted by Crippen LogP contribution is 2.43. The van der Waals surface area contributed by atoms with Crippen molar-refractivity contribution in [3.8, 4) is 0 Å². The predicted octanol–water partition coefficient (Wildman–Crippen LogP) is 1.62. The zero-order chi connectivity index (χ0) is 10.5. The molecule has 0 unspecified atom stereocenters. The Morgan fingerprint density at radius 3 is 2.80 bits per heavy atom. The van der Waals surface area contributed by atoms with Crippen LogP contribution in [-0.2, 0) is 18.5 Å². The van der Waals surface area contributed by atoms with E-state index in [9.17, 15) is 0 Å². The van der Waals surface area contributed by atoms with Crippen LogP contribution in [0.5, 0.6) is 0 Å². The Morgan fingerprint density at radius 2 is 2.07 bits per heavy atom. The smallest absolute Gasteiger partial charge is 0.0411 e. The molecule has 0 amide bonds. The van der Waals surface area contributed by atoms with Crippen molar-refractivity contribution in [3.63, 3.8) is 0 Å². The summed E-state index contributed by atoms with van der Waals surface area (Å²) in [6, 6.07) is 6.84. The normalized spacial score (nSPS) is 23.6. The molecule has 1 aromatic carbocycles. The standard InChI is InChI=1S/C13H18N2/c1-15-7-4-10-8-12(13(14)5-6-13)3-2-11(10)9-15/h2-3,8H,4-7,9,14H2,1H3. The lowest BCUT2D eigenvalue weighted by molar-refractivity contribution is 0.312. The Morgan fingerprint density at radius 1 is 1.27 bits per heavy atom. The lowest BCUT2D eigenvalue weighted by atomic mass is 9.94. The number of nitrogens with two attached hydrogens (primary N) is 1. The molecule has 15 heavy (non-hydrogen) atoms. The Balaban J connectivity index is 1.96. The van der Waals surface area contributed by atoms with E-state index in [1.165, 1.54) is 29.7 Å². The summed E-state index contributed by atoms with van der Waals surface area (Å²) >= 11 is 0. The van der Waals surface area contributed by atoms with Gasteiger partial charge in [0, 0.05) is 18.6 Å². The van der Waals surface area contributed by atoms with E-state index in [-0.39, 0.29) is 5.54 Å². The monoisotopic (exact) mass is 202 g/mol. The third-order valence-electron chi connectivity index (χ3n) is 3.77. The van der Waals surface area contributed by atoms with Crippen LogP contribution in [0.15, 0.2) is 18.2 Å². The molecule has 0 bridgehead atoms. The predicted molar refractivity (Wildman–Crippen MR) is 61.6 cm³/mol. The van der Waals surface area contributed by atoms with Crippen LogP contribution in [0, 0.1) is 0 Å². The van der Waals surface area contributed by atoms with Gasteiger partial charge in [-0.25, -0.2) is 0 Å². The molecular weight excluding hydrogens is 184 g/mol. The fourth-order valence-corrected chi connectivity index (χ4v) is 2.43. The molecule has 1 saturated carbocycles. The van der Waals surface area contributed by atoms with Gasteiger partial charge in [-0.2, -0.15) is 0 Å². The van der Waals surface area contributed by atoms with Crippen molar-refractivity contribution in [2.75, 3.05) is 13.6 Å². The molecule has 2 nitrogen and oxygen atoms in total. The average molecular weight is 202 g/mol. The molecule has 0 spiro atoms. The van der Waals surface area contributed by atoms with Gasteiger partial charge in [0.25, 0.3) is 0 Å². The minimum atomic E-state index is 0.0262. The van der Waals surface area contributed by atoms with Crippen LogP contribution in [0.3, 0.4) is 0 Å². The van der Waals surface area contributed by atoms with Crippen molar-refractivity contribution in [2.45, 2.75) is 31.3 Å². The van der Waals surface area contributed by atoms with Crippen molar-refractivity contribution in [3.05, 3.63) is 34.9 Å². The summed E-state index contributed by atoms with van der Waals surface area (Å²) in [5, 5.41) is 0. The minimum Gasteiger partial charge on any atom is -0.321 e. The first-order chi connectivity index (χ1) is 7.17. The Bertz CT molecular complexity index is 394. The molecule has 0 radical (unpaired) electrons. The summed E-state index contributed by atoms with van der Waals surface area (Å²) < 4.78 is 0. The fraction of sp³-hybridized carbons (Fsp3) is 0.538. The van der Waals surface area contributed by atoms with E-state index in [0.29, 0.717) is 0 Å². The van der Waals surface area contributed by atoms with E-state index >= 15 is 0 Å². The van der Waals surface area contributed by atoms with Crippen LogP contribution >= 0.6 is 0 Å². The molecule has 2 aliphatic rings. The number of hydrogen-bond donors (Lipinski definition) is 1. The number of fused-ring (bicyclic) bond motifs is 1. The molecule has 2 N–H and O–H groups in total. The number of likely N-dealkylation sites (N-methyl/N-ethyl adjacent to an activating group) is 1. The lowest BCUT2D eigenvalue weighted by Gasteiger charge is -2.26. The fourth-order valence-electron chi connectivity index (χ4n) is 2.43. The van der Waals surface area contributed by atoms with E-state index in [1.807, 2.05) is 0 Å². The van der Waals surface area contributed by atoms with Gasteiger partial charge in [-0.15, -0.1) is 0 Å². The zero-order valence-corrected chi connectivity index (χ0v) is 9.29. The second-order valence-electron chi connectivity index (χ2n) is 5.13. The van der Waals surface area contributed by atoms with Crippen molar-refractivity contribution in [1.29, 1.82) is 0 Å². The SMILES string of the molecule is CN1CCc2cc(C3(N)CC3)ccc2C1. The highest BCUT2D eigenvalue weighted by molar-refractivity contribution is 5.39. The van der Waals surface area contributed by atoms with Gasteiger partial charge in [-0.3, -0.25) is 0 Å². The summed E-state index contributed by atoms with van der Waals surface area (Å²) in [5.41, 5.74) is 10.6. The number of nitrogens with zero attached hydrogens (tertiary/aromatic N) is 1. The van der Waals surface area contributed by atoms with E-state index in [1.54, 1.807) is 0 Å². The van der Waals surface area contributed by atoms with Crippen LogP contribution < -0.4 is 5.73 Å². The van der Waals surface area contributed by atoms with Crippen molar-refractivity contribution in [2.24, 2.45) is 5.73 Å². The highest BCUT2D eigenvalue weighted by Gasteiger charge is 2.40. The average Bonchev–Trinajstić information content (AvgIpc) is 2.97. The first-order valence-corrected chi connectivity index (χ1v) is 5.77. The quantitative estimate of drug-likeness (QED) is 0.750. The van der Waals surface area contributed by atoms with Crippen LogP contribution in [0.2, 0.25) is 0 Å². The van der Waals surface area contributed by atoms with Gasteiger partial charge < -0.3 is 10.6 Å². The van der Waals surface area contributed by atoms with E-state index in [2.05, 4.69) is 30.1 Å². The van der Waals surface area contributed by atoms with Gasteiger partial charge in [0.1, 0.15) is 0 Å². The summed E-state index contributed by atoms with van der Waals surface area (Å²) in [6.45, 7) is 2.27. The van der Waals surface area contributed by atoms with E-state index in [0.717, 1.165) is 19.4 Å². The van der Waals surface area contributed by atoms with Gasteiger partial charge in [-0.05, 0) is 43.0 Å². The van der Waals surface area contributed by atoms with Crippen LogP contribution in [0.4, 0.5) is 0 Å². The highest BCUT2D eigenvalue weighted by atomic mass is 15.1. The topological polar surface area (TPSA) is 29.3 Å². The molecule has 2 heteroatoms. The largest absolute Gasteiger partial charge is 0.321 e.